The van der Waals surface area contributed by atoms with Crippen molar-refractivity contribution in [3.63, 3.8) is 0 Å². The molecule has 10 heavy (non-hydrogen) atoms. The molecule has 0 saturated heterocycles. The van der Waals surface area contributed by atoms with E-state index < -0.39 is 0 Å². The predicted octanol–water partition coefficient (Wildman–Crippen LogP) is 1.21. The summed E-state index contributed by atoms with van der Waals surface area (Å²) in [6, 6.07) is 0. The van der Waals surface area contributed by atoms with E-state index in [1.54, 1.807) is 14.2 Å². The van der Waals surface area contributed by atoms with E-state index in [-0.39, 0.29) is 0 Å². The Balaban J connectivity index is 2.72. The van der Waals surface area contributed by atoms with Crippen molar-refractivity contribution < 1.29 is 9.16 Å². The average molecular weight is 139 g/mol. The molecule has 0 aromatic rings. The highest BCUT2D eigenvalue weighted by Gasteiger charge is 2.17. The fourth-order valence-corrected chi connectivity index (χ4v) is 0.928. The summed E-state index contributed by atoms with van der Waals surface area (Å²) < 4.78 is 9.92. The van der Waals surface area contributed by atoms with Crippen LogP contribution in [0.15, 0.2) is 23.8 Å². The zero-order valence-electron chi connectivity index (χ0n) is 6.26. The van der Waals surface area contributed by atoms with E-state index >= 15 is 0 Å². The lowest BCUT2D eigenvalue weighted by atomic mass is 10.3. The van der Waals surface area contributed by atoms with Crippen LogP contribution in [0.5, 0.6) is 0 Å². The summed E-state index contributed by atoms with van der Waals surface area (Å²) >= 11 is 0. The molecule has 1 aliphatic rings. The first kappa shape index (κ1) is 7.06. The first-order valence-corrected chi connectivity index (χ1v) is 3.20. The van der Waals surface area contributed by atoms with Gasteiger partial charge in [0.2, 0.25) is 0 Å². The van der Waals surface area contributed by atoms with Crippen molar-refractivity contribution in [1.82, 2.24) is 0 Å². The summed E-state index contributed by atoms with van der Waals surface area (Å²) in [6.45, 7) is 0. The second-order valence-electron chi connectivity index (χ2n) is 1.99. The van der Waals surface area contributed by atoms with Crippen molar-refractivity contribution in [2.75, 3.05) is 14.2 Å². The van der Waals surface area contributed by atoms with Gasteiger partial charge in [0.05, 0.1) is 0 Å². The molecule has 54 valence electrons. The maximum Gasteiger partial charge on any atom is 0.518 e. The van der Waals surface area contributed by atoms with Gasteiger partial charge < -0.3 is 9.16 Å². The van der Waals surface area contributed by atoms with E-state index in [0.717, 1.165) is 12.0 Å². The molecule has 0 aliphatic heterocycles. The second-order valence-corrected chi connectivity index (χ2v) is 1.99. The number of methoxy groups -OCH3 is 1. The smallest absolute Gasteiger partial charge is 0.321 e. The molecule has 2 nitrogen and oxygen atoms in total. The van der Waals surface area contributed by atoms with Crippen LogP contribution in [0.25, 0.3) is 0 Å². The maximum atomic E-state index is 4.96. The molecule has 0 radical (unpaired) electrons. The van der Waals surface area contributed by atoms with Crippen LogP contribution in [-0.4, -0.2) is 20.2 Å². The van der Waals surface area contributed by atoms with Crippen LogP contribution in [0.1, 0.15) is 6.42 Å². The molecular formula is C8H11O2+. The van der Waals surface area contributed by atoms with Gasteiger partial charge in [0.25, 0.3) is 0 Å². The molecule has 0 saturated carbocycles. The quantitative estimate of drug-likeness (QED) is 0.395. The molecule has 0 bridgehead atoms. The van der Waals surface area contributed by atoms with Gasteiger partial charge in [0, 0.05) is 0 Å². The van der Waals surface area contributed by atoms with Gasteiger partial charge in [-0.1, -0.05) is 12.2 Å². The Morgan fingerprint density at radius 1 is 1.70 bits per heavy atom. The normalized spacial score (nSPS) is 17.4. The fourth-order valence-electron chi connectivity index (χ4n) is 0.928. The minimum Gasteiger partial charge on any atom is -0.321 e. The monoisotopic (exact) mass is 139 g/mol. The van der Waals surface area contributed by atoms with Gasteiger partial charge >= 0.3 is 5.97 Å². The number of carbonyl (C=O) groups excluding carboxylic acids is 1. The number of rotatable bonds is 1. The van der Waals surface area contributed by atoms with Crippen LogP contribution >= 0.6 is 0 Å². The molecule has 0 spiro atoms. The minimum atomic E-state index is 0.591. The molecule has 0 unspecified atom stereocenters. The van der Waals surface area contributed by atoms with Gasteiger partial charge in [-0.2, -0.15) is 0 Å². The summed E-state index contributed by atoms with van der Waals surface area (Å²) in [6.07, 6.45) is 7.09. The Kier molecular flexibility index (Phi) is 2.26. The molecule has 0 amide bonds. The molecule has 0 heterocycles. The Morgan fingerprint density at radius 2 is 2.50 bits per heavy atom. The van der Waals surface area contributed by atoms with Crippen LogP contribution in [-0.2, 0) is 9.16 Å². The third-order valence-corrected chi connectivity index (χ3v) is 1.38. The van der Waals surface area contributed by atoms with Crippen molar-refractivity contribution in [2.24, 2.45) is 0 Å². The Hall–Kier alpha value is -1.05. The molecule has 0 N–H and O–H groups in total. The third kappa shape index (κ3) is 1.26. The van der Waals surface area contributed by atoms with Crippen molar-refractivity contribution in [3.8, 4) is 0 Å². The molecule has 0 fully saturated rings. The largest absolute Gasteiger partial charge is 0.518 e. The summed E-state index contributed by atoms with van der Waals surface area (Å²) in [5.41, 5.74) is 1.03. The molecule has 0 aromatic carbocycles. The van der Waals surface area contributed by atoms with Gasteiger partial charge in [0.15, 0.2) is 14.2 Å². The zero-order valence-corrected chi connectivity index (χ0v) is 6.26. The molecule has 1 rings (SSSR count). The lowest BCUT2D eigenvalue weighted by Crippen LogP contribution is -2.04. The minimum absolute atomic E-state index is 0.591. The van der Waals surface area contributed by atoms with Crippen molar-refractivity contribution in [3.05, 3.63) is 23.8 Å². The first-order chi connectivity index (χ1) is 4.88. The molecule has 0 aromatic heterocycles. The zero-order chi connectivity index (χ0) is 7.40. The number of allylic oxidation sites excluding steroid dienone is 2. The third-order valence-electron chi connectivity index (χ3n) is 1.38. The lowest BCUT2D eigenvalue weighted by molar-refractivity contribution is -0.430. The standard InChI is InChI=1S/C8H11O2/c1-9-8(10-2)7-5-3-4-6-7/h3,5-6H,4H2,1-2H3/q+1. The number of esters is 1. The summed E-state index contributed by atoms with van der Waals surface area (Å²) in [4.78, 5) is 0. The van der Waals surface area contributed by atoms with E-state index in [4.69, 9.17) is 9.16 Å². The van der Waals surface area contributed by atoms with Gasteiger partial charge in [-0.25, -0.2) is 0 Å². The van der Waals surface area contributed by atoms with Crippen LogP contribution < -0.4 is 0 Å². The molecular weight excluding hydrogens is 128 g/mol. The second kappa shape index (κ2) is 3.20. The van der Waals surface area contributed by atoms with Gasteiger partial charge in [-0.15, -0.1) is 0 Å². The maximum absolute atomic E-state index is 4.96. The van der Waals surface area contributed by atoms with E-state index in [9.17, 15) is 0 Å². The van der Waals surface area contributed by atoms with E-state index in [1.165, 1.54) is 0 Å². The summed E-state index contributed by atoms with van der Waals surface area (Å²) in [5.74, 6) is 0.591. The van der Waals surface area contributed by atoms with Crippen molar-refractivity contribution in [1.29, 1.82) is 0 Å². The average Bonchev–Trinajstić information content (AvgIpc) is 2.43. The highest BCUT2D eigenvalue weighted by atomic mass is 16.6. The lowest BCUT2D eigenvalue weighted by Gasteiger charge is -1.87. The van der Waals surface area contributed by atoms with Crippen LogP contribution in [0.2, 0.25) is 0 Å². The molecule has 0 atom stereocenters. The SMILES string of the molecule is COC(=[O+]C)C1=CCC=C1. The van der Waals surface area contributed by atoms with Crippen molar-refractivity contribution >= 4 is 5.97 Å². The van der Waals surface area contributed by atoms with Crippen LogP contribution in [0, 0.1) is 0 Å². The van der Waals surface area contributed by atoms with Crippen molar-refractivity contribution in [2.45, 2.75) is 6.42 Å². The Bertz CT molecular complexity index is 199. The van der Waals surface area contributed by atoms with Crippen LogP contribution in [0.3, 0.4) is 0 Å². The highest BCUT2D eigenvalue weighted by molar-refractivity contribution is 5.92. The van der Waals surface area contributed by atoms with Gasteiger partial charge in [-0.3, -0.25) is 0 Å². The first-order valence-electron chi connectivity index (χ1n) is 3.20. The number of hydrogen-bond acceptors (Lipinski definition) is 1. The van der Waals surface area contributed by atoms with E-state index in [0.29, 0.717) is 5.97 Å². The molecule has 2 heteroatoms. The molecule has 1 aliphatic carbocycles. The van der Waals surface area contributed by atoms with Gasteiger partial charge in [-0.05, 0) is 12.5 Å². The topological polar surface area (TPSA) is 20.5 Å². The summed E-state index contributed by atoms with van der Waals surface area (Å²) in [5, 5.41) is 0. The Morgan fingerprint density at radius 3 is 2.90 bits per heavy atom. The van der Waals surface area contributed by atoms with E-state index in [2.05, 4.69) is 12.2 Å². The van der Waals surface area contributed by atoms with Gasteiger partial charge in [0.1, 0.15) is 5.57 Å². The Labute approximate surface area is 60.5 Å². The predicted molar refractivity (Wildman–Crippen MR) is 39.8 cm³/mol. The number of hydrogen-bond donors (Lipinski definition) is 0. The number of ether oxygens (including phenoxy) is 1. The van der Waals surface area contributed by atoms with Crippen LogP contribution in [0.4, 0.5) is 0 Å². The highest BCUT2D eigenvalue weighted by Crippen LogP contribution is 2.09. The summed E-state index contributed by atoms with van der Waals surface area (Å²) in [7, 11) is 3.21. The van der Waals surface area contributed by atoms with E-state index in [1.807, 2.05) is 6.08 Å². The fraction of sp³-hybridized carbons (Fsp3) is 0.375.